The molecule has 19 heavy (non-hydrogen) atoms. The van der Waals surface area contributed by atoms with Crippen molar-refractivity contribution in [3.63, 3.8) is 0 Å². The van der Waals surface area contributed by atoms with E-state index in [9.17, 15) is 0 Å². The number of aromatic nitrogens is 2. The average Bonchev–Trinajstić information content (AvgIpc) is 2.78. The zero-order valence-electron chi connectivity index (χ0n) is 11.2. The van der Waals surface area contributed by atoms with Crippen molar-refractivity contribution in [3.05, 3.63) is 46.2 Å². The fourth-order valence-corrected chi connectivity index (χ4v) is 1.88. The van der Waals surface area contributed by atoms with Crippen molar-refractivity contribution < 1.29 is 0 Å². The molecule has 1 aromatic heterocycles. The topological polar surface area (TPSA) is 29.9 Å². The minimum absolute atomic E-state index is 0.0767. The van der Waals surface area contributed by atoms with Crippen molar-refractivity contribution in [1.29, 1.82) is 0 Å². The smallest absolute Gasteiger partial charge is 0.0767 e. The number of rotatable bonds is 3. The number of halogens is 2. The van der Waals surface area contributed by atoms with Crippen LogP contribution in [0.1, 0.15) is 26.5 Å². The normalized spacial score (nSPS) is 11.8. The largest absolute Gasteiger partial charge is 0.306 e. The third kappa shape index (κ3) is 3.96. The third-order valence-electron chi connectivity index (χ3n) is 2.61. The number of nitrogens with one attached hydrogen (secondary N) is 1. The van der Waals surface area contributed by atoms with Gasteiger partial charge in [-0.25, -0.2) is 4.68 Å². The van der Waals surface area contributed by atoms with Gasteiger partial charge in [0.15, 0.2) is 0 Å². The zero-order valence-corrected chi connectivity index (χ0v) is 12.8. The van der Waals surface area contributed by atoms with Gasteiger partial charge in [-0.3, -0.25) is 0 Å². The van der Waals surface area contributed by atoms with Crippen molar-refractivity contribution >= 4 is 23.2 Å². The predicted molar refractivity (Wildman–Crippen MR) is 80.2 cm³/mol. The lowest BCUT2D eigenvalue weighted by Crippen LogP contribution is -2.35. The van der Waals surface area contributed by atoms with Gasteiger partial charge in [-0.2, -0.15) is 5.10 Å². The Hall–Kier alpha value is -1.03. The van der Waals surface area contributed by atoms with Crippen LogP contribution in [-0.4, -0.2) is 15.3 Å². The SMILES string of the molecule is CC(C)(C)NCc1ccn(-c2ccc(Cl)c(Cl)c2)n1. The van der Waals surface area contributed by atoms with Crippen LogP contribution in [0.15, 0.2) is 30.5 Å². The summed E-state index contributed by atoms with van der Waals surface area (Å²) >= 11 is 11.9. The molecule has 0 aliphatic carbocycles. The van der Waals surface area contributed by atoms with Gasteiger partial charge in [-0.05, 0) is 45.0 Å². The fourth-order valence-electron chi connectivity index (χ4n) is 1.58. The lowest BCUT2D eigenvalue weighted by Gasteiger charge is -2.19. The summed E-state index contributed by atoms with van der Waals surface area (Å²) in [5.41, 5.74) is 1.96. The van der Waals surface area contributed by atoms with Crippen LogP contribution < -0.4 is 5.32 Å². The van der Waals surface area contributed by atoms with E-state index in [1.807, 2.05) is 18.3 Å². The number of benzene rings is 1. The molecule has 0 saturated carbocycles. The molecule has 1 N–H and O–H groups in total. The molecular weight excluding hydrogens is 281 g/mol. The summed E-state index contributed by atoms with van der Waals surface area (Å²) in [6.45, 7) is 7.12. The highest BCUT2D eigenvalue weighted by Crippen LogP contribution is 2.24. The van der Waals surface area contributed by atoms with Crippen LogP contribution in [0.5, 0.6) is 0 Å². The average molecular weight is 298 g/mol. The lowest BCUT2D eigenvalue weighted by molar-refractivity contribution is 0.420. The van der Waals surface area contributed by atoms with E-state index in [0.717, 1.165) is 17.9 Å². The first-order valence-electron chi connectivity index (χ1n) is 6.10. The third-order valence-corrected chi connectivity index (χ3v) is 3.35. The Morgan fingerprint density at radius 2 is 1.89 bits per heavy atom. The molecule has 0 spiro atoms. The summed E-state index contributed by atoms with van der Waals surface area (Å²) < 4.78 is 1.79. The molecule has 3 nitrogen and oxygen atoms in total. The maximum Gasteiger partial charge on any atom is 0.0767 e. The van der Waals surface area contributed by atoms with Gasteiger partial charge in [0.25, 0.3) is 0 Å². The van der Waals surface area contributed by atoms with Gasteiger partial charge in [0, 0.05) is 18.3 Å². The van der Waals surface area contributed by atoms with Crippen molar-refractivity contribution in [2.45, 2.75) is 32.9 Å². The summed E-state index contributed by atoms with van der Waals surface area (Å²) in [5.74, 6) is 0. The molecule has 0 fully saturated rings. The van der Waals surface area contributed by atoms with Crippen LogP contribution in [0, 0.1) is 0 Å². The highest BCUT2D eigenvalue weighted by atomic mass is 35.5. The summed E-state index contributed by atoms with van der Waals surface area (Å²) in [5, 5.41) is 8.99. The van der Waals surface area contributed by atoms with Gasteiger partial charge in [0.05, 0.1) is 21.4 Å². The molecular formula is C14H17Cl2N3. The van der Waals surface area contributed by atoms with E-state index in [2.05, 4.69) is 31.2 Å². The Morgan fingerprint density at radius 3 is 2.53 bits per heavy atom. The zero-order chi connectivity index (χ0) is 14.0. The molecule has 1 heterocycles. The highest BCUT2D eigenvalue weighted by Gasteiger charge is 2.10. The first-order chi connectivity index (χ1) is 8.85. The van der Waals surface area contributed by atoms with Crippen molar-refractivity contribution in [2.75, 3.05) is 0 Å². The summed E-state index contributed by atoms with van der Waals surface area (Å²) in [4.78, 5) is 0. The van der Waals surface area contributed by atoms with Crippen LogP contribution in [-0.2, 0) is 6.54 Å². The first kappa shape index (κ1) is 14.4. The molecule has 0 bridgehead atoms. The number of hydrogen-bond acceptors (Lipinski definition) is 2. The van der Waals surface area contributed by atoms with Gasteiger partial charge in [0.1, 0.15) is 0 Å². The molecule has 0 radical (unpaired) electrons. The van der Waals surface area contributed by atoms with E-state index in [1.54, 1.807) is 16.8 Å². The molecule has 0 atom stereocenters. The van der Waals surface area contributed by atoms with Crippen LogP contribution >= 0.6 is 23.2 Å². The van der Waals surface area contributed by atoms with Crippen LogP contribution in [0.25, 0.3) is 5.69 Å². The van der Waals surface area contributed by atoms with Crippen molar-refractivity contribution in [2.24, 2.45) is 0 Å². The Bertz CT molecular complexity index is 570. The molecule has 0 aliphatic rings. The first-order valence-corrected chi connectivity index (χ1v) is 6.86. The summed E-state index contributed by atoms with van der Waals surface area (Å²) in [6, 6.07) is 7.45. The molecule has 1 aromatic carbocycles. The van der Waals surface area contributed by atoms with E-state index in [0.29, 0.717) is 10.0 Å². The molecule has 0 saturated heterocycles. The van der Waals surface area contributed by atoms with Crippen LogP contribution in [0.2, 0.25) is 10.0 Å². The Morgan fingerprint density at radius 1 is 1.16 bits per heavy atom. The Balaban J connectivity index is 2.14. The second-order valence-electron chi connectivity index (χ2n) is 5.45. The van der Waals surface area contributed by atoms with E-state index in [-0.39, 0.29) is 5.54 Å². The Kier molecular flexibility index (Phi) is 4.19. The fraction of sp³-hybridized carbons (Fsp3) is 0.357. The quantitative estimate of drug-likeness (QED) is 0.925. The number of hydrogen-bond donors (Lipinski definition) is 1. The van der Waals surface area contributed by atoms with E-state index >= 15 is 0 Å². The molecule has 0 amide bonds. The van der Waals surface area contributed by atoms with Crippen LogP contribution in [0.4, 0.5) is 0 Å². The van der Waals surface area contributed by atoms with Gasteiger partial charge in [-0.15, -0.1) is 0 Å². The maximum atomic E-state index is 6.01. The van der Waals surface area contributed by atoms with Gasteiger partial charge < -0.3 is 5.32 Å². The molecule has 0 unspecified atom stereocenters. The predicted octanol–water partition coefficient (Wildman–Crippen LogP) is 4.07. The van der Waals surface area contributed by atoms with E-state index < -0.39 is 0 Å². The van der Waals surface area contributed by atoms with Gasteiger partial charge in [-0.1, -0.05) is 23.2 Å². The Labute approximate surface area is 123 Å². The molecule has 2 rings (SSSR count). The monoisotopic (exact) mass is 297 g/mol. The summed E-state index contributed by atoms with van der Waals surface area (Å²) in [7, 11) is 0. The minimum atomic E-state index is 0.0767. The highest BCUT2D eigenvalue weighted by molar-refractivity contribution is 6.42. The molecule has 102 valence electrons. The second kappa shape index (κ2) is 5.53. The molecule has 2 aromatic rings. The second-order valence-corrected chi connectivity index (χ2v) is 6.27. The maximum absolute atomic E-state index is 6.01. The van der Waals surface area contributed by atoms with Gasteiger partial charge in [0.2, 0.25) is 0 Å². The number of nitrogens with zero attached hydrogens (tertiary/aromatic N) is 2. The van der Waals surface area contributed by atoms with E-state index in [1.165, 1.54) is 0 Å². The molecule has 5 heteroatoms. The minimum Gasteiger partial charge on any atom is -0.306 e. The van der Waals surface area contributed by atoms with Crippen molar-refractivity contribution in [1.82, 2.24) is 15.1 Å². The molecule has 0 aliphatic heterocycles. The van der Waals surface area contributed by atoms with Crippen molar-refractivity contribution in [3.8, 4) is 5.69 Å². The van der Waals surface area contributed by atoms with Crippen LogP contribution in [0.3, 0.4) is 0 Å². The lowest BCUT2D eigenvalue weighted by atomic mass is 10.1. The van der Waals surface area contributed by atoms with Gasteiger partial charge >= 0.3 is 0 Å². The summed E-state index contributed by atoms with van der Waals surface area (Å²) in [6.07, 6.45) is 1.92. The van der Waals surface area contributed by atoms with E-state index in [4.69, 9.17) is 23.2 Å². The standard InChI is InChI=1S/C14H17Cl2N3/c1-14(2,3)17-9-10-6-7-19(18-10)11-4-5-12(15)13(16)8-11/h4-8,17H,9H2,1-3H3.